The first-order valence-electron chi connectivity index (χ1n) is 8.74. The predicted octanol–water partition coefficient (Wildman–Crippen LogP) is 4.16. The topological polar surface area (TPSA) is 41.0 Å². The molecule has 0 saturated heterocycles. The summed E-state index contributed by atoms with van der Waals surface area (Å²) in [7, 11) is 0. The van der Waals surface area contributed by atoms with E-state index in [9.17, 15) is 0 Å². The molecule has 1 aromatic heterocycles. The minimum Gasteiger partial charge on any atom is -0.370 e. The summed E-state index contributed by atoms with van der Waals surface area (Å²) in [5.74, 6) is 1.82. The summed E-state index contributed by atoms with van der Waals surface area (Å²) in [6.07, 6.45) is 2.61. The number of nitrogens with zero attached hydrogens (tertiary/aromatic N) is 3. The number of benzene rings is 2. The molecule has 0 atom stereocenters. The minimum absolute atomic E-state index is 0.845. The molecule has 2 aromatic carbocycles. The van der Waals surface area contributed by atoms with E-state index in [4.69, 9.17) is 0 Å². The van der Waals surface area contributed by atoms with Crippen LogP contribution in [-0.2, 0) is 13.0 Å². The summed E-state index contributed by atoms with van der Waals surface area (Å²) in [4.78, 5) is 11.0. The molecule has 0 saturated carbocycles. The van der Waals surface area contributed by atoms with Crippen molar-refractivity contribution < 1.29 is 0 Å². The zero-order chi connectivity index (χ0) is 17.3. The zero-order valence-corrected chi connectivity index (χ0v) is 14.6. The number of hydrogen-bond acceptors (Lipinski definition) is 4. The lowest BCUT2D eigenvalue weighted by molar-refractivity contribution is 0.810. The van der Waals surface area contributed by atoms with Crippen molar-refractivity contribution in [3.63, 3.8) is 0 Å². The van der Waals surface area contributed by atoms with E-state index in [1.54, 1.807) is 6.33 Å². The van der Waals surface area contributed by atoms with Crippen LogP contribution in [0.15, 0.2) is 73.1 Å². The Morgan fingerprint density at radius 1 is 0.880 bits per heavy atom. The van der Waals surface area contributed by atoms with Crippen molar-refractivity contribution in [1.29, 1.82) is 0 Å². The number of hydrogen-bond donors (Lipinski definition) is 1. The molecule has 4 heteroatoms. The molecule has 3 aromatic rings. The highest BCUT2D eigenvalue weighted by atomic mass is 15.2. The lowest BCUT2D eigenvalue weighted by Crippen LogP contribution is -2.23. The highest BCUT2D eigenvalue weighted by Crippen LogP contribution is 2.17. The maximum atomic E-state index is 4.45. The molecule has 4 nitrogen and oxygen atoms in total. The van der Waals surface area contributed by atoms with Crippen molar-refractivity contribution in [3.8, 4) is 0 Å². The summed E-state index contributed by atoms with van der Waals surface area (Å²) in [5, 5.41) is 3.40. The monoisotopic (exact) mass is 332 g/mol. The summed E-state index contributed by atoms with van der Waals surface area (Å²) in [5.41, 5.74) is 2.60. The van der Waals surface area contributed by atoms with Gasteiger partial charge in [-0.15, -0.1) is 0 Å². The summed E-state index contributed by atoms with van der Waals surface area (Å²) >= 11 is 0. The lowest BCUT2D eigenvalue weighted by Gasteiger charge is -2.22. The van der Waals surface area contributed by atoms with Crippen LogP contribution in [0.5, 0.6) is 0 Å². The molecule has 0 spiro atoms. The molecule has 0 radical (unpaired) electrons. The Kier molecular flexibility index (Phi) is 5.99. The Morgan fingerprint density at radius 2 is 1.56 bits per heavy atom. The van der Waals surface area contributed by atoms with Gasteiger partial charge in [-0.2, -0.15) is 0 Å². The van der Waals surface area contributed by atoms with Gasteiger partial charge in [-0.25, -0.2) is 9.97 Å². The summed E-state index contributed by atoms with van der Waals surface area (Å²) in [6.45, 7) is 4.74. The van der Waals surface area contributed by atoms with Gasteiger partial charge >= 0.3 is 0 Å². The van der Waals surface area contributed by atoms with E-state index < -0.39 is 0 Å². The van der Waals surface area contributed by atoms with E-state index in [1.165, 1.54) is 11.1 Å². The number of anilines is 2. The molecule has 0 amide bonds. The van der Waals surface area contributed by atoms with E-state index >= 15 is 0 Å². The fraction of sp³-hybridized carbons (Fsp3) is 0.238. The van der Waals surface area contributed by atoms with Gasteiger partial charge in [0.1, 0.15) is 18.0 Å². The van der Waals surface area contributed by atoms with Gasteiger partial charge in [0.15, 0.2) is 0 Å². The molecule has 1 heterocycles. The van der Waals surface area contributed by atoms with Crippen LogP contribution in [0.1, 0.15) is 18.1 Å². The Labute approximate surface area is 149 Å². The first kappa shape index (κ1) is 17.0. The van der Waals surface area contributed by atoms with Crippen LogP contribution in [0.3, 0.4) is 0 Å². The molecule has 0 aliphatic rings. The van der Waals surface area contributed by atoms with E-state index in [1.807, 2.05) is 18.2 Å². The second kappa shape index (κ2) is 8.83. The van der Waals surface area contributed by atoms with Crippen molar-refractivity contribution in [2.24, 2.45) is 0 Å². The molecule has 0 aliphatic carbocycles. The largest absolute Gasteiger partial charge is 0.370 e. The van der Waals surface area contributed by atoms with Crippen molar-refractivity contribution in [2.45, 2.75) is 19.9 Å². The smallest absolute Gasteiger partial charge is 0.134 e. The Bertz CT molecular complexity index is 759. The van der Waals surface area contributed by atoms with Crippen LogP contribution in [0, 0.1) is 0 Å². The first-order chi connectivity index (χ1) is 12.3. The van der Waals surface area contributed by atoms with Gasteiger partial charge in [0.2, 0.25) is 0 Å². The van der Waals surface area contributed by atoms with E-state index in [0.29, 0.717) is 0 Å². The molecule has 0 unspecified atom stereocenters. The Hall–Kier alpha value is -2.88. The highest BCUT2D eigenvalue weighted by Gasteiger charge is 2.08. The minimum atomic E-state index is 0.845. The van der Waals surface area contributed by atoms with Crippen molar-refractivity contribution >= 4 is 11.6 Å². The maximum Gasteiger partial charge on any atom is 0.134 e. The van der Waals surface area contributed by atoms with Crippen LogP contribution < -0.4 is 10.2 Å². The normalized spacial score (nSPS) is 10.4. The molecular formula is C21H24N4. The van der Waals surface area contributed by atoms with Crippen molar-refractivity contribution in [1.82, 2.24) is 9.97 Å². The van der Waals surface area contributed by atoms with Crippen LogP contribution in [-0.4, -0.2) is 23.1 Å². The zero-order valence-electron chi connectivity index (χ0n) is 14.6. The molecule has 0 aliphatic heterocycles. The predicted molar refractivity (Wildman–Crippen MR) is 104 cm³/mol. The molecule has 25 heavy (non-hydrogen) atoms. The highest BCUT2D eigenvalue weighted by molar-refractivity contribution is 5.48. The fourth-order valence-corrected chi connectivity index (χ4v) is 2.75. The van der Waals surface area contributed by atoms with E-state index in [-0.39, 0.29) is 0 Å². The molecule has 128 valence electrons. The van der Waals surface area contributed by atoms with Crippen molar-refractivity contribution in [2.75, 3.05) is 23.3 Å². The number of aromatic nitrogens is 2. The summed E-state index contributed by atoms with van der Waals surface area (Å²) < 4.78 is 0. The molecule has 3 rings (SSSR count). The third kappa shape index (κ3) is 5.05. The molecule has 1 N–H and O–H groups in total. The standard InChI is InChI=1S/C21H24N4/c1-2-25(16-19-11-7-4-8-12-19)21-15-20(23-17-24-21)22-14-13-18-9-5-3-6-10-18/h3-12,15,17H,2,13-14,16H2,1H3,(H,22,23,24). The van der Waals surface area contributed by atoms with Crippen molar-refractivity contribution in [3.05, 3.63) is 84.2 Å². The average Bonchev–Trinajstić information content (AvgIpc) is 2.68. The maximum absolute atomic E-state index is 4.45. The van der Waals surface area contributed by atoms with Crippen LogP contribution >= 0.6 is 0 Å². The van der Waals surface area contributed by atoms with Gasteiger partial charge in [0, 0.05) is 25.7 Å². The second-order valence-corrected chi connectivity index (χ2v) is 5.92. The van der Waals surface area contributed by atoms with E-state index in [0.717, 1.165) is 37.7 Å². The van der Waals surface area contributed by atoms with Gasteiger partial charge in [-0.05, 0) is 24.5 Å². The van der Waals surface area contributed by atoms with Gasteiger partial charge in [-0.3, -0.25) is 0 Å². The van der Waals surface area contributed by atoms with Gasteiger partial charge < -0.3 is 10.2 Å². The van der Waals surface area contributed by atoms with Crippen LogP contribution in [0.2, 0.25) is 0 Å². The second-order valence-electron chi connectivity index (χ2n) is 5.92. The van der Waals surface area contributed by atoms with E-state index in [2.05, 4.69) is 75.6 Å². The van der Waals surface area contributed by atoms with Gasteiger partial charge in [0.05, 0.1) is 0 Å². The van der Waals surface area contributed by atoms with Crippen LogP contribution in [0.25, 0.3) is 0 Å². The summed E-state index contributed by atoms with van der Waals surface area (Å²) in [6, 6.07) is 23.0. The Morgan fingerprint density at radius 3 is 2.24 bits per heavy atom. The molecular weight excluding hydrogens is 308 g/mol. The SMILES string of the molecule is CCN(Cc1ccccc1)c1cc(NCCc2ccccc2)ncn1. The first-order valence-corrected chi connectivity index (χ1v) is 8.74. The number of nitrogens with one attached hydrogen (secondary N) is 1. The quantitative estimate of drug-likeness (QED) is 0.672. The van der Waals surface area contributed by atoms with Gasteiger partial charge in [0.25, 0.3) is 0 Å². The Balaban J connectivity index is 1.61. The third-order valence-electron chi connectivity index (χ3n) is 4.14. The van der Waals surface area contributed by atoms with Crippen LogP contribution in [0.4, 0.5) is 11.6 Å². The number of rotatable bonds is 8. The molecule has 0 fully saturated rings. The lowest BCUT2D eigenvalue weighted by atomic mass is 10.1. The average molecular weight is 332 g/mol. The molecule has 0 bridgehead atoms. The van der Waals surface area contributed by atoms with Gasteiger partial charge in [-0.1, -0.05) is 60.7 Å². The third-order valence-corrected chi connectivity index (χ3v) is 4.14. The fourth-order valence-electron chi connectivity index (χ4n) is 2.75.